The summed E-state index contributed by atoms with van der Waals surface area (Å²) in [5.74, 6) is 0. The van der Waals surface area contributed by atoms with Crippen LogP contribution in [0.15, 0.2) is 12.4 Å². The van der Waals surface area contributed by atoms with E-state index in [1.165, 1.54) is 0 Å². The van der Waals surface area contributed by atoms with Crippen molar-refractivity contribution in [1.29, 1.82) is 0 Å². The highest BCUT2D eigenvalue weighted by Crippen LogP contribution is 2.22. The molecule has 2 aromatic heterocycles. The van der Waals surface area contributed by atoms with Crippen LogP contribution in [0.1, 0.15) is 28.6 Å². The van der Waals surface area contributed by atoms with Crippen LogP contribution in [-0.2, 0) is 20.5 Å². The van der Waals surface area contributed by atoms with Crippen LogP contribution in [0.5, 0.6) is 0 Å². The number of hydrogen-bond acceptors (Lipinski definition) is 3. The van der Waals surface area contributed by atoms with Gasteiger partial charge in [-0.2, -0.15) is 10.2 Å². The third-order valence-electron chi connectivity index (χ3n) is 3.15. The summed E-state index contributed by atoms with van der Waals surface area (Å²) in [5.41, 5.74) is 10.7. The predicted octanol–water partition coefficient (Wildman–Crippen LogP) is 1.01. The summed E-state index contributed by atoms with van der Waals surface area (Å²) in [6.07, 6.45) is 4.66. The standard InChI is InChI=1S/C12H19N5/c1-8-12(9(2)17(4)15-8)11(13)5-10-6-14-16(3)7-10/h6-7,11H,5,13H2,1-4H3. The SMILES string of the molecule is Cc1nn(C)c(C)c1C(N)Cc1cnn(C)c1. The van der Waals surface area contributed by atoms with E-state index in [1.807, 2.05) is 38.1 Å². The zero-order valence-electron chi connectivity index (χ0n) is 10.8. The average molecular weight is 233 g/mol. The molecule has 2 aromatic rings. The Balaban J connectivity index is 2.22. The van der Waals surface area contributed by atoms with Gasteiger partial charge in [-0.3, -0.25) is 9.36 Å². The van der Waals surface area contributed by atoms with Crippen molar-refractivity contribution < 1.29 is 0 Å². The van der Waals surface area contributed by atoms with Gasteiger partial charge in [0.15, 0.2) is 0 Å². The predicted molar refractivity (Wildman–Crippen MR) is 66.5 cm³/mol. The van der Waals surface area contributed by atoms with Crippen molar-refractivity contribution >= 4 is 0 Å². The molecule has 5 nitrogen and oxygen atoms in total. The molecule has 0 fully saturated rings. The van der Waals surface area contributed by atoms with E-state index in [1.54, 1.807) is 4.68 Å². The lowest BCUT2D eigenvalue weighted by atomic mass is 10.00. The molecule has 5 heteroatoms. The molecule has 0 aromatic carbocycles. The number of nitrogens with zero attached hydrogens (tertiary/aromatic N) is 4. The van der Waals surface area contributed by atoms with E-state index in [9.17, 15) is 0 Å². The van der Waals surface area contributed by atoms with Gasteiger partial charge in [-0.05, 0) is 25.8 Å². The average Bonchev–Trinajstić information content (AvgIpc) is 2.73. The maximum Gasteiger partial charge on any atom is 0.0644 e. The number of aryl methyl sites for hydroxylation is 3. The molecule has 0 aliphatic rings. The first kappa shape index (κ1) is 11.9. The Labute approximate surface area is 101 Å². The molecule has 1 unspecified atom stereocenters. The summed E-state index contributed by atoms with van der Waals surface area (Å²) in [5, 5.41) is 8.55. The smallest absolute Gasteiger partial charge is 0.0644 e. The zero-order valence-corrected chi connectivity index (χ0v) is 10.8. The van der Waals surface area contributed by atoms with Crippen LogP contribution in [0.3, 0.4) is 0 Å². The third kappa shape index (κ3) is 2.24. The van der Waals surface area contributed by atoms with Crippen LogP contribution in [0.2, 0.25) is 0 Å². The number of rotatable bonds is 3. The monoisotopic (exact) mass is 233 g/mol. The van der Waals surface area contributed by atoms with Gasteiger partial charge in [0.1, 0.15) is 0 Å². The molecule has 0 saturated carbocycles. The van der Waals surface area contributed by atoms with Gasteiger partial charge in [-0.25, -0.2) is 0 Å². The maximum absolute atomic E-state index is 6.26. The lowest BCUT2D eigenvalue weighted by molar-refractivity contribution is 0.699. The van der Waals surface area contributed by atoms with Gasteiger partial charge in [0.2, 0.25) is 0 Å². The van der Waals surface area contributed by atoms with Gasteiger partial charge >= 0.3 is 0 Å². The van der Waals surface area contributed by atoms with Crippen molar-refractivity contribution in [2.24, 2.45) is 19.8 Å². The van der Waals surface area contributed by atoms with Gasteiger partial charge in [0.05, 0.1) is 11.9 Å². The van der Waals surface area contributed by atoms with Crippen LogP contribution in [0.25, 0.3) is 0 Å². The van der Waals surface area contributed by atoms with E-state index in [0.717, 1.165) is 28.9 Å². The Kier molecular flexibility index (Phi) is 3.02. The number of aromatic nitrogens is 4. The zero-order chi connectivity index (χ0) is 12.6. The molecule has 0 bridgehead atoms. The van der Waals surface area contributed by atoms with Gasteiger partial charge in [0, 0.05) is 37.6 Å². The van der Waals surface area contributed by atoms with Gasteiger partial charge < -0.3 is 5.73 Å². The Bertz CT molecular complexity index is 523. The first-order valence-electron chi connectivity index (χ1n) is 5.72. The van der Waals surface area contributed by atoms with Crippen molar-refractivity contribution in [3.05, 3.63) is 34.9 Å². The van der Waals surface area contributed by atoms with E-state index in [2.05, 4.69) is 17.1 Å². The maximum atomic E-state index is 6.26. The van der Waals surface area contributed by atoms with Crippen LogP contribution >= 0.6 is 0 Å². The molecule has 2 heterocycles. The first-order chi connectivity index (χ1) is 7.99. The van der Waals surface area contributed by atoms with Gasteiger partial charge in [-0.1, -0.05) is 0 Å². The molecule has 0 saturated heterocycles. The van der Waals surface area contributed by atoms with Crippen LogP contribution in [0, 0.1) is 13.8 Å². The summed E-state index contributed by atoms with van der Waals surface area (Å²) in [6, 6.07) is -0.0205. The molecule has 2 rings (SSSR count). The van der Waals surface area contributed by atoms with Crippen molar-refractivity contribution in [3.8, 4) is 0 Å². The summed E-state index contributed by atoms with van der Waals surface area (Å²) in [6.45, 7) is 4.06. The lowest BCUT2D eigenvalue weighted by Crippen LogP contribution is -2.15. The van der Waals surface area contributed by atoms with E-state index in [0.29, 0.717) is 0 Å². The second kappa shape index (κ2) is 4.33. The topological polar surface area (TPSA) is 61.7 Å². The van der Waals surface area contributed by atoms with Crippen LogP contribution < -0.4 is 5.73 Å². The highest BCUT2D eigenvalue weighted by atomic mass is 15.3. The molecular formula is C12H19N5. The lowest BCUT2D eigenvalue weighted by Gasteiger charge is -2.11. The van der Waals surface area contributed by atoms with E-state index in [4.69, 9.17) is 5.73 Å². The highest BCUT2D eigenvalue weighted by molar-refractivity contribution is 5.29. The van der Waals surface area contributed by atoms with Gasteiger partial charge in [0.25, 0.3) is 0 Å². The van der Waals surface area contributed by atoms with Crippen molar-refractivity contribution in [1.82, 2.24) is 19.6 Å². The van der Waals surface area contributed by atoms with Crippen molar-refractivity contribution in [2.75, 3.05) is 0 Å². The number of hydrogen-bond donors (Lipinski definition) is 1. The largest absolute Gasteiger partial charge is 0.324 e. The molecule has 0 spiro atoms. The minimum Gasteiger partial charge on any atom is -0.324 e. The third-order valence-corrected chi connectivity index (χ3v) is 3.15. The van der Waals surface area contributed by atoms with Crippen LogP contribution in [-0.4, -0.2) is 19.6 Å². The first-order valence-corrected chi connectivity index (χ1v) is 5.72. The molecule has 17 heavy (non-hydrogen) atoms. The quantitative estimate of drug-likeness (QED) is 0.860. The molecule has 2 N–H and O–H groups in total. The fourth-order valence-electron chi connectivity index (χ4n) is 2.26. The fourth-order valence-corrected chi connectivity index (χ4v) is 2.26. The van der Waals surface area contributed by atoms with Crippen molar-refractivity contribution in [2.45, 2.75) is 26.3 Å². The minimum absolute atomic E-state index is 0.0205. The van der Waals surface area contributed by atoms with Gasteiger partial charge in [-0.15, -0.1) is 0 Å². The molecule has 0 aliphatic heterocycles. The molecule has 0 amide bonds. The summed E-state index contributed by atoms with van der Waals surface area (Å²) < 4.78 is 3.68. The normalized spacial score (nSPS) is 13.0. The summed E-state index contributed by atoms with van der Waals surface area (Å²) in [7, 11) is 3.86. The Morgan fingerprint density at radius 3 is 2.53 bits per heavy atom. The van der Waals surface area contributed by atoms with Crippen molar-refractivity contribution in [3.63, 3.8) is 0 Å². The molecule has 1 atom stereocenters. The second-order valence-electron chi connectivity index (χ2n) is 4.54. The Morgan fingerprint density at radius 2 is 2.06 bits per heavy atom. The van der Waals surface area contributed by atoms with E-state index < -0.39 is 0 Å². The highest BCUT2D eigenvalue weighted by Gasteiger charge is 2.17. The van der Waals surface area contributed by atoms with Crippen LogP contribution in [0.4, 0.5) is 0 Å². The molecule has 0 aliphatic carbocycles. The molecule has 92 valence electrons. The Hall–Kier alpha value is -1.62. The number of nitrogens with two attached hydrogens (primary N) is 1. The molecule has 0 radical (unpaired) electrons. The Morgan fingerprint density at radius 1 is 1.35 bits per heavy atom. The summed E-state index contributed by atoms with van der Waals surface area (Å²) >= 11 is 0. The fraction of sp³-hybridized carbons (Fsp3) is 0.500. The summed E-state index contributed by atoms with van der Waals surface area (Å²) in [4.78, 5) is 0. The van der Waals surface area contributed by atoms with E-state index >= 15 is 0 Å². The van der Waals surface area contributed by atoms with E-state index in [-0.39, 0.29) is 6.04 Å². The minimum atomic E-state index is -0.0205. The molecular weight excluding hydrogens is 214 g/mol. The second-order valence-corrected chi connectivity index (χ2v) is 4.54.